The maximum absolute atomic E-state index is 13.0. The van der Waals surface area contributed by atoms with Crippen molar-refractivity contribution in [3.63, 3.8) is 0 Å². The molecule has 0 spiro atoms. The van der Waals surface area contributed by atoms with Gasteiger partial charge in [-0.1, -0.05) is 24.8 Å². The second-order valence-electron chi connectivity index (χ2n) is 6.90. The minimum absolute atomic E-state index is 0.127. The quantitative estimate of drug-likeness (QED) is 0.425. The van der Waals surface area contributed by atoms with Gasteiger partial charge in [0.15, 0.2) is 0 Å². The largest absolute Gasteiger partial charge is 0.361 e. The minimum Gasteiger partial charge on any atom is -0.361 e. The molecule has 1 N–H and O–H groups in total. The number of nitrogens with one attached hydrogen (secondary N) is 1. The summed E-state index contributed by atoms with van der Waals surface area (Å²) in [6.07, 6.45) is 5.11. The second-order valence-corrected chi connectivity index (χ2v) is 7.95. The van der Waals surface area contributed by atoms with Crippen LogP contribution in [0, 0.1) is 12.7 Å². The number of thiophene rings is 1. The van der Waals surface area contributed by atoms with Crippen molar-refractivity contribution in [2.45, 2.75) is 20.0 Å². The van der Waals surface area contributed by atoms with Crippen LogP contribution < -0.4 is 5.32 Å². The maximum atomic E-state index is 13.0. The van der Waals surface area contributed by atoms with E-state index in [4.69, 9.17) is 0 Å². The first kappa shape index (κ1) is 21.4. The molecule has 0 fully saturated rings. The van der Waals surface area contributed by atoms with E-state index in [2.05, 4.69) is 21.9 Å². The van der Waals surface area contributed by atoms with Crippen molar-refractivity contribution in [1.82, 2.24) is 15.2 Å². The van der Waals surface area contributed by atoms with Crippen molar-refractivity contribution < 1.29 is 9.18 Å². The van der Waals surface area contributed by atoms with E-state index in [1.165, 1.54) is 23.5 Å². The van der Waals surface area contributed by atoms with E-state index < -0.39 is 0 Å². The molecule has 3 rings (SSSR count). The van der Waals surface area contributed by atoms with Crippen molar-refractivity contribution in [3.05, 3.63) is 93.7 Å². The number of rotatable bonds is 8. The monoisotopic (exact) mass is 422 g/mol. The Morgan fingerprint density at radius 1 is 1.30 bits per heavy atom. The molecule has 0 bridgehead atoms. The van der Waals surface area contributed by atoms with Crippen LogP contribution in [0.15, 0.2) is 66.4 Å². The van der Waals surface area contributed by atoms with Gasteiger partial charge in [0.1, 0.15) is 5.82 Å². The topological polar surface area (TPSA) is 57.6 Å². The maximum Gasteiger partial charge on any atom is 0.261 e. The summed E-state index contributed by atoms with van der Waals surface area (Å²) in [6, 6.07) is 12.0. The molecule has 0 aliphatic rings. The molecule has 2 aromatic heterocycles. The first-order valence-corrected chi connectivity index (χ1v) is 10.2. The van der Waals surface area contributed by atoms with E-state index in [-0.39, 0.29) is 11.7 Å². The van der Waals surface area contributed by atoms with Crippen molar-refractivity contribution in [3.8, 4) is 0 Å². The SMILES string of the molecule is C=C(N=CN(C)Cc1ccc(F)cc1)c1cc(C)c(C(=O)NCc2cccnc2)s1. The lowest BCUT2D eigenvalue weighted by atomic mass is 10.2. The number of nitrogens with zero attached hydrogens (tertiary/aromatic N) is 3. The Kier molecular flexibility index (Phi) is 7.08. The molecule has 154 valence electrons. The second kappa shape index (κ2) is 9.93. The van der Waals surface area contributed by atoms with Crippen LogP contribution in [0.1, 0.15) is 31.2 Å². The molecule has 30 heavy (non-hydrogen) atoms. The summed E-state index contributed by atoms with van der Waals surface area (Å²) in [4.78, 5) is 24.4. The highest BCUT2D eigenvalue weighted by Crippen LogP contribution is 2.27. The van der Waals surface area contributed by atoms with Gasteiger partial charge in [0, 0.05) is 32.5 Å². The first-order chi connectivity index (χ1) is 14.4. The standard InChI is InChI=1S/C23H23FN4OS/c1-16-11-21(30-22(16)23(29)26-13-19-5-4-10-25-12-19)17(2)27-15-28(3)14-18-6-8-20(24)9-7-18/h4-12,15H,2,13-14H2,1,3H3,(H,26,29). The number of hydrogen-bond donors (Lipinski definition) is 1. The average molecular weight is 423 g/mol. The molecular formula is C23H23FN4OS. The van der Waals surface area contributed by atoms with Gasteiger partial charge in [-0.05, 0) is 47.9 Å². The Labute approximate surface area is 179 Å². The minimum atomic E-state index is -0.253. The number of benzene rings is 1. The third kappa shape index (κ3) is 5.84. The van der Waals surface area contributed by atoms with Crippen LogP contribution >= 0.6 is 11.3 Å². The molecule has 2 heterocycles. The first-order valence-electron chi connectivity index (χ1n) is 9.38. The lowest BCUT2D eigenvalue weighted by Crippen LogP contribution is -2.22. The third-order valence-electron chi connectivity index (χ3n) is 4.34. The molecule has 0 radical (unpaired) electrons. The fraction of sp³-hybridized carbons (Fsp3) is 0.174. The summed E-state index contributed by atoms with van der Waals surface area (Å²) in [7, 11) is 1.89. The summed E-state index contributed by atoms with van der Waals surface area (Å²) >= 11 is 1.37. The number of pyridine rings is 1. The molecule has 3 aromatic rings. The molecular weight excluding hydrogens is 399 g/mol. The summed E-state index contributed by atoms with van der Waals surface area (Å²) in [5.41, 5.74) is 3.39. The smallest absolute Gasteiger partial charge is 0.261 e. The fourth-order valence-corrected chi connectivity index (χ4v) is 3.78. The highest BCUT2D eigenvalue weighted by molar-refractivity contribution is 7.15. The van der Waals surface area contributed by atoms with Gasteiger partial charge in [0.05, 0.1) is 21.8 Å². The van der Waals surface area contributed by atoms with E-state index in [1.807, 2.05) is 37.1 Å². The number of halogens is 1. The van der Waals surface area contributed by atoms with E-state index >= 15 is 0 Å². The number of hydrogen-bond acceptors (Lipinski definition) is 4. The van der Waals surface area contributed by atoms with Gasteiger partial charge in [-0.2, -0.15) is 0 Å². The molecule has 0 saturated carbocycles. The number of aromatic nitrogens is 1. The van der Waals surface area contributed by atoms with Crippen LogP contribution in [0.4, 0.5) is 4.39 Å². The molecule has 1 amide bonds. The number of aryl methyl sites for hydroxylation is 1. The van der Waals surface area contributed by atoms with Gasteiger partial charge >= 0.3 is 0 Å². The summed E-state index contributed by atoms with van der Waals surface area (Å²) in [5, 5.41) is 2.92. The van der Waals surface area contributed by atoms with Gasteiger partial charge in [0.25, 0.3) is 5.91 Å². The van der Waals surface area contributed by atoms with E-state index in [9.17, 15) is 9.18 Å². The van der Waals surface area contributed by atoms with Gasteiger partial charge in [0.2, 0.25) is 0 Å². The lowest BCUT2D eigenvalue weighted by Gasteiger charge is -2.13. The zero-order valence-electron chi connectivity index (χ0n) is 16.9. The Bertz CT molecular complexity index is 1040. The fourth-order valence-electron chi connectivity index (χ4n) is 2.77. The van der Waals surface area contributed by atoms with Crippen LogP contribution in [-0.2, 0) is 13.1 Å². The van der Waals surface area contributed by atoms with Crippen LogP contribution in [-0.4, -0.2) is 29.2 Å². The number of carbonyl (C=O) groups is 1. The van der Waals surface area contributed by atoms with E-state index in [0.29, 0.717) is 23.7 Å². The highest BCUT2D eigenvalue weighted by atomic mass is 32.1. The van der Waals surface area contributed by atoms with Crippen molar-refractivity contribution in [1.29, 1.82) is 0 Å². The van der Waals surface area contributed by atoms with Crippen LogP contribution in [0.5, 0.6) is 0 Å². The Morgan fingerprint density at radius 3 is 2.77 bits per heavy atom. The van der Waals surface area contributed by atoms with Crippen molar-refractivity contribution >= 4 is 29.3 Å². The zero-order chi connectivity index (χ0) is 21.5. The predicted molar refractivity (Wildman–Crippen MR) is 120 cm³/mol. The number of amides is 1. The van der Waals surface area contributed by atoms with Gasteiger partial charge in [-0.3, -0.25) is 9.78 Å². The highest BCUT2D eigenvalue weighted by Gasteiger charge is 2.14. The van der Waals surface area contributed by atoms with Gasteiger partial charge in [-0.15, -0.1) is 11.3 Å². The molecule has 0 unspecified atom stereocenters. The molecule has 0 aliphatic carbocycles. The number of carbonyl (C=O) groups excluding carboxylic acids is 1. The predicted octanol–water partition coefficient (Wildman–Crippen LogP) is 4.65. The Hall–Kier alpha value is -3.32. The third-order valence-corrected chi connectivity index (χ3v) is 5.63. The molecule has 7 heteroatoms. The van der Waals surface area contributed by atoms with Crippen LogP contribution in [0.2, 0.25) is 0 Å². The van der Waals surface area contributed by atoms with Crippen molar-refractivity contribution in [2.24, 2.45) is 4.99 Å². The Morgan fingerprint density at radius 2 is 2.07 bits per heavy atom. The number of aliphatic imine (C=N–C) groups is 1. The Balaban J connectivity index is 1.59. The summed E-state index contributed by atoms with van der Waals surface area (Å²) < 4.78 is 13.0. The molecule has 5 nitrogen and oxygen atoms in total. The van der Waals surface area contributed by atoms with Crippen molar-refractivity contribution in [2.75, 3.05) is 7.05 Å². The van der Waals surface area contributed by atoms with E-state index in [1.54, 1.807) is 30.9 Å². The lowest BCUT2D eigenvalue weighted by molar-refractivity contribution is 0.0954. The molecule has 0 aliphatic heterocycles. The van der Waals surface area contributed by atoms with E-state index in [0.717, 1.165) is 21.6 Å². The van der Waals surface area contributed by atoms with Gasteiger partial charge in [-0.25, -0.2) is 9.38 Å². The summed E-state index contributed by atoms with van der Waals surface area (Å²) in [5.74, 6) is -0.380. The summed E-state index contributed by atoms with van der Waals surface area (Å²) in [6.45, 7) is 6.94. The molecule has 1 aromatic carbocycles. The molecule has 0 saturated heterocycles. The van der Waals surface area contributed by atoms with Crippen LogP contribution in [0.3, 0.4) is 0 Å². The van der Waals surface area contributed by atoms with Gasteiger partial charge < -0.3 is 10.2 Å². The zero-order valence-corrected chi connectivity index (χ0v) is 17.7. The normalized spacial score (nSPS) is 10.9. The van der Waals surface area contributed by atoms with Crippen LogP contribution in [0.25, 0.3) is 5.70 Å². The average Bonchev–Trinajstić information content (AvgIpc) is 3.14. The molecule has 0 atom stereocenters.